The summed E-state index contributed by atoms with van der Waals surface area (Å²) in [4.78, 5) is 25.7. The Morgan fingerprint density at radius 2 is 1.82 bits per heavy atom. The Hall–Kier alpha value is -1.49. The highest BCUT2D eigenvalue weighted by atomic mass is 16.2. The molecule has 0 unspecified atom stereocenters. The van der Waals surface area contributed by atoms with E-state index in [9.17, 15) is 4.79 Å². The number of nitrogens with zero attached hydrogens (tertiary/aromatic N) is 4. The molecule has 1 aromatic rings. The molecule has 1 amide bonds. The van der Waals surface area contributed by atoms with Crippen LogP contribution in [0, 0.1) is 0 Å². The molecular weight excluding hydrogens is 276 g/mol. The zero-order valence-electron chi connectivity index (χ0n) is 13.5. The van der Waals surface area contributed by atoms with Crippen LogP contribution in [0.5, 0.6) is 0 Å². The van der Waals surface area contributed by atoms with Crippen molar-refractivity contribution in [1.29, 1.82) is 0 Å². The quantitative estimate of drug-likeness (QED) is 0.858. The third-order valence-corrected chi connectivity index (χ3v) is 4.93. The van der Waals surface area contributed by atoms with Crippen LogP contribution in [0.2, 0.25) is 0 Å². The van der Waals surface area contributed by atoms with Crippen molar-refractivity contribution in [3.63, 3.8) is 0 Å². The van der Waals surface area contributed by atoms with Crippen LogP contribution in [0.15, 0.2) is 12.4 Å². The molecule has 0 radical (unpaired) electrons. The minimum Gasteiger partial charge on any atom is -0.337 e. The normalized spacial score (nSPS) is 21.0. The smallest absolute Gasteiger partial charge is 0.257 e. The zero-order valence-corrected chi connectivity index (χ0v) is 13.5. The molecule has 2 aliphatic rings. The van der Waals surface area contributed by atoms with Crippen LogP contribution < -0.4 is 0 Å². The lowest BCUT2D eigenvalue weighted by Gasteiger charge is -2.27. The molecule has 0 atom stereocenters. The van der Waals surface area contributed by atoms with E-state index in [1.54, 1.807) is 12.4 Å². The van der Waals surface area contributed by atoms with Crippen molar-refractivity contribution in [2.24, 2.45) is 0 Å². The lowest BCUT2D eigenvalue weighted by molar-refractivity contribution is 0.0757. The van der Waals surface area contributed by atoms with Gasteiger partial charge in [-0.1, -0.05) is 19.8 Å². The standard InChI is InChI=1S/C17H26N4O/c1-2-16-18-12-14(13-19-16)17(22)21-9-5-8-20(10-11-21)15-6-3-4-7-15/h12-13,15H,2-11H2,1H3. The molecule has 22 heavy (non-hydrogen) atoms. The summed E-state index contributed by atoms with van der Waals surface area (Å²) < 4.78 is 0. The summed E-state index contributed by atoms with van der Waals surface area (Å²) in [6.45, 7) is 5.82. The maximum absolute atomic E-state index is 12.6. The molecule has 1 aliphatic heterocycles. The van der Waals surface area contributed by atoms with Crippen molar-refractivity contribution >= 4 is 5.91 Å². The maximum Gasteiger partial charge on any atom is 0.257 e. The number of amides is 1. The van der Waals surface area contributed by atoms with E-state index in [0.717, 1.165) is 50.9 Å². The van der Waals surface area contributed by atoms with Gasteiger partial charge in [0.05, 0.1) is 5.56 Å². The minimum absolute atomic E-state index is 0.0796. The van der Waals surface area contributed by atoms with E-state index in [0.29, 0.717) is 5.56 Å². The van der Waals surface area contributed by atoms with Crippen molar-refractivity contribution in [3.05, 3.63) is 23.8 Å². The lowest BCUT2D eigenvalue weighted by Crippen LogP contribution is -2.38. The fourth-order valence-corrected chi connectivity index (χ4v) is 3.61. The highest BCUT2D eigenvalue weighted by Gasteiger charge is 2.26. The SMILES string of the molecule is CCc1ncc(C(=O)N2CCCN(C3CCCC3)CC2)cn1. The molecule has 2 fully saturated rings. The van der Waals surface area contributed by atoms with E-state index >= 15 is 0 Å². The second kappa shape index (κ2) is 7.18. The summed E-state index contributed by atoms with van der Waals surface area (Å²) in [5.74, 6) is 0.871. The van der Waals surface area contributed by atoms with Gasteiger partial charge in [0.25, 0.3) is 5.91 Å². The van der Waals surface area contributed by atoms with Gasteiger partial charge in [-0.05, 0) is 19.3 Å². The highest BCUT2D eigenvalue weighted by molar-refractivity contribution is 5.93. The van der Waals surface area contributed by atoms with Gasteiger partial charge >= 0.3 is 0 Å². The number of rotatable bonds is 3. The summed E-state index contributed by atoms with van der Waals surface area (Å²) in [6.07, 6.45) is 10.6. The number of hydrogen-bond donors (Lipinski definition) is 0. The molecule has 0 bridgehead atoms. The van der Waals surface area contributed by atoms with Gasteiger partial charge in [0.2, 0.25) is 0 Å². The van der Waals surface area contributed by atoms with Gasteiger partial charge < -0.3 is 4.90 Å². The summed E-state index contributed by atoms with van der Waals surface area (Å²) in [5.41, 5.74) is 0.617. The lowest BCUT2D eigenvalue weighted by atomic mass is 10.2. The van der Waals surface area contributed by atoms with Gasteiger partial charge in [-0.25, -0.2) is 9.97 Å². The first-order valence-electron chi connectivity index (χ1n) is 8.62. The zero-order chi connectivity index (χ0) is 15.4. The van der Waals surface area contributed by atoms with Crippen molar-refractivity contribution in [1.82, 2.24) is 19.8 Å². The fraction of sp³-hybridized carbons (Fsp3) is 0.706. The molecule has 1 aliphatic carbocycles. The minimum atomic E-state index is 0.0796. The Morgan fingerprint density at radius 3 is 2.50 bits per heavy atom. The van der Waals surface area contributed by atoms with E-state index in [1.807, 2.05) is 11.8 Å². The summed E-state index contributed by atoms with van der Waals surface area (Å²) >= 11 is 0. The molecule has 0 aromatic carbocycles. The van der Waals surface area contributed by atoms with Crippen molar-refractivity contribution in [2.75, 3.05) is 26.2 Å². The Morgan fingerprint density at radius 1 is 1.09 bits per heavy atom. The molecule has 1 saturated heterocycles. The van der Waals surface area contributed by atoms with Gasteiger partial charge in [0.1, 0.15) is 5.82 Å². The topological polar surface area (TPSA) is 49.3 Å². The molecule has 1 aromatic heterocycles. The second-order valence-electron chi connectivity index (χ2n) is 6.36. The van der Waals surface area contributed by atoms with E-state index < -0.39 is 0 Å². The number of aromatic nitrogens is 2. The third-order valence-electron chi connectivity index (χ3n) is 4.93. The van der Waals surface area contributed by atoms with Gasteiger partial charge in [-0.3, -0.25) is 9.69 Å². The Bertz CT molecular complexity index is 496. The monoisotopic (exact) mass is 302 g/mol. The summed E-state index contributed by atoms with van der Waals surface area (Å²) in [5, 5.41) is 0. The van der Waals surface area contributed by atoms with E-state index in [2.05, 4.69) is 14.9 Å². The first kappa shape index (κ1) is 15.4. The van der Waals surface area contributed by atoms with Crippen molar-refractivity contribution < 1.29 is 4.79 Å². The molecule has 5 nitrogen and oxygen atoms in total. The van der Waals surface area contributed by atoms with Crippen LogP contribution in [0.25, 0.3) is 0 Å². The van der Waals surface area contributed by atoms with Crippen LogP contribution in [-0.2, 0) is 6.42 Å². The molecule has 5 heteroatoms. The Kier molecular flexibility index (Phi) is 5.03. The van der Waals surface area contributed by atoms with E-state index in [-0.39, 0.29) is 5.91 Å². The predicted octanol–water partition coefficient (Wildman–Crippen LogP) is 2.13. The fourth-order valence-electron chi connectivity index (χ4n) is 3.61. The van der Waals surface area contributed by atoms with Crippen LogP contribution in [0.1, 0.15) is 55.2 Å². The number of aryl methyl sites for hydroxylation is 1. The number of carbonyl (C=O) groups excluding carboxylic acids is 1. The summed E-state index contributed by atoms with van der Waals surface area (Å²) in [7, 11) is 0. The van der Waals surface area contributed by atoms with Gasteiger partial charge in [-0.2, -0.15) is 0 Å². The Balaban J connectivity index is 1.60. The first-order chi connectivity index (χ1) is 10.8. The van der Waals surface area contributed by atoms with Gasteiger partial charge in [0, 0.05) is 51.0 Å². The average molecular weight is 302 g/mol. The van der Waals surface area contributed by atoms with Crippen LogP contribution in [-0.4, -0.2) is 57.9 Å². The summed E-state index contributed by atoms with van der Waals surface area (Å²) in [6, 6.07) is 0.752. The molecular formula is C17H26N4O. The van der Waals surface area contributed by atoms with Crippen LogP contribution in [0.4, 0.5) is 0 Å². The second-order valence-corrected chi connectivity index (χ2v) is 6.36. The first-order valence-corrected chi connectivity index (χ1v) is 8.62. The van der Waals surface area contributed by atoms with Crippen LogP contribution >= 0.6 is 0 Å². The Labute approximate surface area is 132 Å². The molecule has 0 spiro atoms. The van der Waals surface area contributed by atoms with Gasteiger partial charge in [-0.15, -0.1) is 0 Å². The van der Waals surface area contributed by atoms with Crippen LogP contribution in [0.3, 0.4) is 0 Å². The van der Waals surface area contributed by atoms with Crippen molar-refractivity contribution in [3.8, 4) is 0 Å². The molecule has 3 rings (SSSR count). The number of carbonyl (C=O) groups is 1. The molecule has 2 heterocycles. The third kappa shape index (κ3) is 3.46. The van der Waals surface area contributed by atoms with E-state index in [4.69, 9.17) is 0 Å². The highest BCUT2D eigenvalue weighted by Crippen LogP contribution is 2.24. The predicted molar refractivity (Wildman–Crippen MR) is 85.8 cm³/mol. The molecule has 120 valence electrons. The average Bonchev–Trinajstić information content (AvgIpc) is 2.99. The largest absolute Gasteiger partial charge is 0.337 e. The van der Waals surface area contributed by atoms with Crippen molar-refractivity contribution in [2.45, 2.75) is 51.5 Å². The molecule has 0 N–H and O–H groups in total. The maximum atomic E-state index is 12.6. The molecule has 1 saturated carbocycles. The van der Waals surface area contributed by atoms with E-state index in [1.165, 1.54) is 25.7 Å². The number of hydrogen-bond acceptors (Lipinski definition) is 4. The van der Waals surface area contributed by atoms with Gasteiger partial charge in [0.15, 0.2) is 0 Å².